The van der Waals surface area contributed by atoms with Crippen molar-refractivity contribution < 1.29 is 66.7 Å². The van der Waals surface area contributed by atoms with Crippen molar-refractivity contribution in [3.63, 3.8) is 0 Å². The Morgan fingerprint density at radius 2 is 1.47 bits per heavy atom. The molecule has 0 aromatic heterocycles. The standard InChI is InChI=1S/C25H18ClF13N2O2/c1-11(40-20(42)4-5-22(28,29)30)41-21(43)16-3-2-12(8-18(16)25(37,38)39)19(27)10-17(24(34,35)36)13-6-14(23(31,32)33)9-15(26)7-13/h2-3,6-11,17H,4-5H2,1H3,(H,40,42)(H,41,43)/b19-10-/t11-,17?/m1/s1. The van der Waals surface area contributed by atoms with Crippen molar-refractivity contribution in [3.05, 3.63) is 75.3 Å². The van der Waals surface area contributed by atoms with Crippen LogP contribution in [0.15, 0.2) is 42.5 Å². The molecular weight excluding hydrogens is 643 g/mol. The van der Waals surface area contributed by atoms with Gasteiger partial charge >= 0.3 is 24.7 Å². The lowest BCUT2D eigenvalue weighted by molar-refractivity contribution is -0.144. The monoisotopic (exact) mass is 660 g/mol. The Labute approximate surface area is 238 Å². The van der Waals surface area contributed by atoms with Crippen molar-refractivity contribution in [1.29, 1.82) is 0 Å². The summed E-state index contributed by atoms with van der Waals surface area (Å²) in [6.45, 7) is 1.00. The molecule has 0 saturated carbocycles. The number of benzene rings is 2. The zero-order valence-electron chi connectivity index (χ0n) is 21.2. The van der Waals surface area contributed by atoms with E-state index >= 15 is 0 Å². The summed E-state index contributed by atoms with van der Waals surface area (Å²) in [5, 5.41) is 2.99. The molecule has 18 heteroatoms. The molecule has 0 radical (unpaired) electrons. The number of nitrogens with one attached hydrogen (secondary N) is 2. The molecule has 2 aromatic rings. The lowest BCUT2D eigenvalue weighted by Crippen LogP contribution is -2.46. The number of allylic oxidation sites excluding steroid dienone is 1. The highest BCUT2D eigenvalue weighted by atomic mass is 35.5. The molecule has 2 aromatic carbocycles. The minimum atomic E-state index is -5.43. The number of halogens is 14. The third-order valence-electron chi connectivity index (χ3n) is 5.48. The predicted octanol–water partition coefficient (Wildman–Crippen LogP) is 8.57. The summed E-state index contributed by atoms with van der Waals surface area (Å²) < 4.78 is 173. The molecule has 238 valence electrons. The minimum Gasteiger partial charge on any atom is -0.336 e. The number of alkyl halides is 12. The third-order valence-corrected chi connectivity index (χ3v) is 5.70. The number of carbonyl (C=O) groups excluding carboxylic acids is 2. The highest BCUT2D eigenvalue weighted by Crippen LogP contribution is 2.42. The van der Waals surface area contributed by atoms with Crippen LogP contribution in [-0.2, 0) is 17.1 Å². The maximum Gasteiger partial charge on any atom is 0.417 e. The Kier molecular flexibility index (Phi) is 10.8. The summed E-state index contributed by atoms with van der Waals surface area (Å²) in [4.78, 5) is 24.0. The number of hydrogen-bond donors (Lipinski definition) is 2. The predicted molar refractivity (Wildman–Crippen MR) is 126 cm³/mol. The van der Waals surface area contributed by atoms with E-state index in [1.54, 1.807) is 0 Å². The van der Waals surface area contributed by atoms with Crippen LogP contribution in [-0.4, -0.2) is 30.3 Å². The number of rotatable bonds is 8. The van der Waals surface area contributed by atoms with E-state index in [1.807, 2.05) is 10.6 Å². The molecule has 43 heavy (non-hydrogen) atoms. The molecule has 2 N–H and O–H groups in total. The zero-order chi connectivity index (χ0) is 33.1. The zero-order valence-corrected chi connectivity index (χ0v) is 22.0. The molecule has 2 rings (SSSR count). The van der Waals surface area contributed by atoms with Gasteiger partial charge in [-0.3, -0.25) is 9.59 Å². The molecule has 0 saturated heterocycles. The van der Waals surface area contributed by atoms with E-state index in [9.17, 15) is 66.7 Å². The molecule has 0 bridgehead atoms. The first-order valence-corrected chi connectivity index (χ1v) is 12.0. The molecule has 0 aliphatic heterocycles. The topological polar surface area (TPSA) is 58.2 Å². The third kappa shape index (κ3) is 10.6. The molecule has 0 spiro atoms. The van der Waals surface area contributed by atoms with Crippen LogP contribution in [0.1, 0.15) is 58.3 Å². The van der Waals surface area contributed by atoms with Gasteiger partial charge in [-0.25, -0.2) is 4.39 Å². The second-order valence-electron chi connectivity index (χ2n) is 8.94. The van der Waals surface area contributed by atoms with E-state index in [2.05, 4.69) is 0 Å². The second-order valence-corrected chi connectivity index (χ2v) is 9.38. The van der Waals surface area contributed by atoms with E-state index in [1.165, 1.54) is 0 Å². The van der Waals surface area contributed by atoms with Crippen molar-refractivity contribution in [3.8, 4) is 0 Å². The number of carbonyl (C=O) groups is 2. The first kappa shape index (κ1) is 35.7. The van der Waals surface area contributed by atoms with E-state index in [-0.39, 0.29) is 18.2 Å². The molecule has 1 unspecified atom stereocenters. The molecule has 0 heterocycles. The van der Waals surface area contributed by atoms with Crippen LogP contribution in [0.2, 0.25) is 5.02 Å². The lowest BCUT2D eigenvalue weighted by atomic mass is 9.94. The van der Waals surface area contributed by atoms with Gasteiger partial charge in [-0.2, -0.15) is 52.7 Å². The van der Waals surface area contributed by atoms with E-state index in [0.29, 0.717) is 24.3 Å². The largest absolute Gasteiger partial charge is 0.417 e. The highest BCUT2D eigenvalue weighted by molar-refractivity contribution is 6.30. The average molecular weight is 661 g/mol. The first-order chi connectivity index (χ1) is 19.4. The summed E-state index contributed by atoms with van der Waals surface area (Å²) in [6, 6.07) is 1.66. The van der Waals surface area contributed by atoms with Gasteiger partial charge in [-0.05, 0) is 48.9 Å². The Bertz CT molecular complexity index is 1360. The summed E-state index contributed by atoms with van der Waals surface area (Å²) in [6.07, 6.45) is -25.0. The Morgan fingerprint density at radius 3 is 1.98 bits per heavy atom. The van der Waals surface area contributed by atoms with Crippen LogP contribution in [0.5, 0.6) is 0 Å². The fourth-order valence-electron chi connectivity index (χ4n) is 3.58. The lowest BCUT2D eigenvalue weighted by Gasteiger charge is -2.20. The maximum atomic E-state index is 15.0. The SMILES string of the molecule is C[C@H](NC(=O)CCC(F)(F)F)NC(=O)c1ccc(/C(F)=C/C(c2cc(Cl)cc(C(F)(F)F)c2)C(F)(F)F)cc1C(F)(F)F. The summed E-state index contributed by atoms with van der Waals surface area (Å²) in [5.74, 6) is -7.78. The molecule has 2 atom stereocenters. The number of amides is 2. The summed E-state index contributed by atoms with van der Waals surface area (Å²) >= 11 is 5.51. The Balaban J connectivity index is 2.43. The van der Waals surface area contributed by atoms with Crippen LogP contribution in [0, 0.1) is 0 Å². The Morgan fingerprint density at radius 1 is 0.860 bits per heavy atom. The van der Waals surface area contributed by atoms with Gasteiger partial charge in [-0.1, -0.05) is 17.7 Å². The van der Waals surface area contributed by atoms with E-state index < -0.39 is 100 Å². The molecule has 0 aliphatic rings. The highest BCUT2D eigenvalue weighted by Gasteiger charge is 2.42. The maximum absolute atomic E-state index is 15.0. The first-order valence-electron chi connectivity index (χ1n) is 11.6. The molecule has 2 amide bonds. The summed E-state index contributed by atoms with van der Waals surface area (Å²) in [5.41, 5.74) is -6.95. The fraction of sp³-hybridized carbons (Fsp3) is 0.360. The van der Waals surface area contributed by atoms with Crippen molar-refractivity contribution in [2.45, 2.75) is 56.6 Å². The fourth-order valence-corrected chi connectivity index (χ4v) is 3.83. The van der Waals surface area contributed by atoms with E-state index in [0.717, 1.165) is 6.92 Å². The van der Waals surface area contributed by atoms with Crippen LogP contribution < -0.4 is 10.6 Å². The van der Waals surface area contributed by atoms with E-state index in [4.69, 9.17) is 11.6 Å². The molecule has 4 nitrogen and oxygen atoms in total. The van der Waals surface area contributed by atoms with Crippen LogP contribution >= 0.6 is 11.6 Å². The van der Waals surface area contributed by atoms with Crippen molar-refractivity contribution in [2.75, 3.05) is 0 Å². The molecular formula is C25H18ClF13N2O2. The molecule has 0 fully saturated rings. The van der Waals surface area contributed by atoms with Crippen LogP contribution in [0.4, 0.5) is 57.1 Å². The van der Waals surface area contributed by atoms with Gasteiger partial charge in [0.25, 0.3) is 5.91 Å². The van der Waals surface area contributed by atoms with Crippen molar-refractivity contribution >= 4 is 29.2 Å². The summed E-state index contributed by atoms with van der Waals surface area (Å²) in [7, 11) is 0. The van der Waals surface area contributed by atoms with Gasteiger partial charge in [0.15, 0.2) is 0 Å². The quantitative estimate of drug-likeness (QED) is 0.220. The second kappa shape index (κ2) is 13.0. The molecule has 0 aliphatic carbocycles. The van der Waals surface area contributed by atoms with Crippen LogP contribution in [0.3, 0.4) is 0 Å². The Hall–Kier alpha value is -3.50. The smallest absolute Gasteiger partial charge is 0.336 e. The number of hydrogen-bond acceptors (Lipinski definition) is 2. The van der Waals surface area contributed by atoms with Gasteiger partial charge in [0.2, 0.25) is 5.91 Å². The van der Waals surface area contributed by atoms with Gasteiger partial charge in [0, 0.05) is 17.0 Å². The van der Waals surface area contributed by atoms with Gasteiger partial charge in [0.05, 0.1) is 29.3 Å². The minimum absolute atomic E-state index is 0.0279. The van der Waals surface area contributed by atoms with Crippen molar-refractivity contribution in [2.24, 2.45) is 0 Å². The average Bonchev–Trinajstić information content (AvgIpc) is 2.82. The van der Waals surface area contributed by atoms with Gasteiger partial charge in [-0.15, -0.1) is 0 Å². The van der Waals surface area contributed by atoms with Crippen molar-refractivity contribution in [1.82, 2.24) is 10.6 Å². The van der Waals surface area contributed by atoms with Crippen LogP contribution in [0.25, 0.3) is 5.83 Å². The van der Waals surface area contributed by atoms with Gasteiger partial charge in [0.1, 0.15) is 11.7 Å². The normalized spacial score (nSPS) is 14.7. The van der Waals surface area contributed by atoms with Gasteiger partial charge < -0.3 is 10.6 Å².